The second-order valence-electron chi connectivity index (χ2n) is 10.1. The zero-order valence-corrected chi connectivity index (χ0v) is 21.2. The molecule has 0 bridgehead atoms. The fourth-order valence-electron chi connectivity index (χ4n) is 4.56. The molecule has 0 radical (unpaired) electrons. The van der Waals surface area contributed by atoms with E-state index < -0.39 is 11.4 Å². The number of benzene rings is 1. The minimum atomic E-state index is -1.06. The van der Waals surface area contributed by atoms with Crippen LogP contribution in [0.25, 0.3) is 0 Å². The number of nitrogens with one attached hydrogen (secondary N) is 2. The largest absolute Gasteiger partial charge is 0.379 e. The molecule has 1 saturated carbocycles. The van der Waals surface area contributed by atoms with Gasteiger partial charge in [-0.25, -0.2) is 4.98 Å². The summed E-state index contributed by atoms with van der Waals surface area (Å²) in [6.45, 7) is 10.9. The highest BCUT2D eigenvalue weighted by atomic mass is 16.5. The van der Waals surface area contributed by atoms with E-state index in [1.165, 1.54) is 6.33 Å². The van der Waals surface area contributed by atoms with Gasteiger partial charge >= 0.3 is 0 Å². The first-order chi connectivity index (χ1) is 16.6. The van der Waals surface area contributed by atoms with Gasteiger partial charge in [-0.2, -0.15) is 0 Å². The Kier molecular flexibility index (Phi) is 6.98. The first kappa shape index (κ1) is 24.9. The second-order valence-corrected chi connectivity index (χ2v) is 10.1. The Hall–Kier alpha value is -3.20. The fraction of sp³-hybridized carbons (Fsp3) is 0.538. The predicted molar refractivity (Wildman–Crippen MR) is 132 cm³/mol. The highest BCUT2D eigenvalue weighted by Gasteiger charge is 2.53. The topological polar surface area (TPSA) is 106 Å². The van der Waals surface area contributed by atoms with Crippen molar-refractivity contribution in [3.63, 3.8) is 0 Å². The minimum absolute atomic E-state index is 0.0129. The summed E-state index contributed by atoms with van der Waals surface area (Å²) in [4.78, 5) is 46.1. The molecule has 2 N–H and O–H groups in total. The average Bonchev–Trinajstić information content (AvgIpc) is 3.53. The summed E-state index contributed by atoms with van der Waals surface area (Å²) in [5.74, 6) is -0.971. The number of carbonyl (C=O) groups excluding carboxylic acids is 3. The number of hydrogen-bond donors (Lipinski definition) is 2. The molecule has 3 amide bonds. The molecule has 9 nitrogen and oxygen atoms in total. The Balaban J connectivity index is 1.54. The third-order valence-corrected chi connectivity index (χ3v) is 6.58. The quantitative estimate of drug-likeness (QED) is 0.536. The van der Waals surface area contributed by atoms with E-state index in [1.54, 1.807) is 16.4 Å². The zero-order chi connectivity index (χ0) is 25.3. The van der Waals surface area contributed by atoms with Crippen LogP contribution in [0.2, 0.25) is 0 Å². The highest BCUT2D eigenvalue weighted by Crippen LogP contribution is 2.39. The van der Waals surface area contributed by atoms with E-state index in [0.29, 0.717) is 25.3 Å². The number of aromatic nitrogens is 2. The van der Waals surface area contributed by atoms with E-state index in [9.17, 15) is 14.4 Å². The minimum Gasteiger partial charge on any atom is -0.379 e. The summed E-state index contributed by atoms with van der Waals surface area (Å²) >= 11 is 0. The van der Waals surface area contributed by atoms with Crippen LogP contribution in [-0.4, -0.2) is 63.0 Å². The van der Waals surface area contributed by atoms with E-state index in [2.05, 4.69) is 15.6 Å². The summed E-state index contributed by atoms with van der Waals surface area (Å²) in [5, 5.41) is 5.88. The lowest BCUT2D eigenvalue weighted by Gasteiger charge is -2.44. The molecule has 2 heterocycles. The van der Waals surface area contributed by atoms with Crippen molar-refractivity contribution in [3.8, 4) is 0 Å². The molecule has 188 valence electrons. The Labute approximate surface area is 206 Å². The normalized spacial score (nSPS) is 19.6. The van der Waals surface area contributed by atoms with Gasteiger partial charge in [0, 0.05) is 24.9 Å². The summed E-state index contributed by atoms with van der Waals surface area (Å²) in [6, 6.07) is 5.79. The highest BCUT2D eigenvalue weighted by molar-refractivity contribution is 6.12. The Morgan fingerprint density at radius 3 is 2.69 bits per heavy atom. The van der Waals surface area contributed by atoms with Crippen LogP contribution in [-0.2, 0) is 16.1 Å². The number of rotatable bonds is 9. The third-order valence-electron chi connectivity index (χ3n) is 6.58. The maximum absolute atomic E-state index is 13.7. The number of anilines is 1. The molecule has 1 unspecified atom stereocenters. The van der Waals surface area contributed by atoms with E-state index in [-0.39, 0.29) is 41.9 Å². The summed E-state index contributed by atoms with van der Waals surface area (Å²) < 4.78 is 7.18. The van der Waals surface area contributed by atoms with Crippen molar-refractivity contribution in [2.75, 3.05) is 18.5 Å². The molecule has 0 saturated heterocycles. The van der Waals surface area contributed by atoms with Crippen LogP contribution in [0.1, 0.15) is 72.1 Å². The molecule has 35 heavy (non-hydrogen) atoms. The number of imidazole rings is 1. The maximum atomic E-state index is 13.7. The summed E-state index contributed by atoms with van der Waals surface area (Å²) in [5.41, 5.74) is 1.87. The number of hydrogen-bond acceptors (Lipinski definition) is 5. The van der Waals surface area contributed by atoms with Crippen molar-refractivity contribution in [3.05, 3.63) is 47.0 Å². The Morgan fingerprint density at radius 1 is 1.26 bits per heavy atom. The molecular formula is C26H35N5O4. The van der Waals surface area contributed by atoms with Gasteiger partial charge < -0.3 is 24.8 Å². The molecule has 2 aliphatic rings. The second kappa shape index (κ2) is 9.81. The number of ether oxygens (including phenoxy) is 1. The van der Waals surface area contributed by atoms with Crippen LogP contribution < -0.4 is 10.6 Å². The number of fused-ring (bicyclic) bond motifs is 1. The van der Waals surface area contributed by atoms with Crippen LogP contribution in [0.15, 0.2) is 24.5 Å². The third kappa shape index (κ3) is 5.10. The van der Waals surface area contributed by atoms with Crippen LogP contribution in [0.3, 0.4) is 0 Å². The SMILES string of the molecule is Cc1ccc(C)c(NC(=O)c2ncn3c2C(=O)N(C2CC2)C(C)(C(=O)NCCCOC(C)C)C3)c1. The van der Waals surface area contributed by atoms with Gasteiger partial charge in [0.25, 0.3) is 11.8 Å². The van der Waals surface area contributed by atoms with Gasteiger partial charge in [0.05, 0.1) is 19.0 Å². The fourth-order valence-corrected chi connectivity index (χ4v) is 4.56. The van der Waals surface area contributed by atoms with Crippen molar-refractivity contribution >= 4 is 23.4 Å². The first-order valence-electron chi connectivity index (χ1n) is 12.3. The average molecular weight is 482 g/mol. The van der Waals surface area contributed by atoms with Crippen molar-refractivity contribution in [2.45, 2.75) is 78.1 Å². The van der Waals surface area contributed by atoms with E-state index in [1.807, 2.05) is 45.9 Å². The van der Waals surface area contributed by atoms with Crippen LogP contribution >= 0.6 is 0 Å². The molecule has 2 aromatic rings. The van der Waals surface area contributed by atoms with Gasteiger partial charge in [0.15, 0.2) is 5.69 Å². The van der Waals surface area contributed by atoms with E-state index in [4.69, 9.17) is 4.74 Å². The molecule has 1 aliphatic heterocycles. The van der Waals surface area contributed by atoms with Crippen molar-refractivity contribution in [1.29, 1.82) is 0 Å². The standard InChI is InChI=1S/C26H35N5O4/c1-16(2)35-12-6-11-27-25(34)26(5)14-30-15-28-21(22(30)24(33)31(26)19-9-10-19)23(32)29-20-13-17(3)7-8-18(20)4/h7-8,13,15-16,19H,6,9-12,14H2,1-5H3,(H,27,34)(H,29,32). The molecule has 1 aliphatic carbocycles. The molecule has 0 spiro atoms. The van der Waals surface area contributed by atoms with E-state index in [0.717, 1.165) is 24.0 Å². The van der Waals surface area contributed by atoms with Gasteiger partial charge in [0.2, 0.25) is 5.91 Å². The van der Waals surface area contributed by atoms with Gasteiger partial charge in [-0.3, -0.25) is 14.4 Å². The molecular weight excluding hydrogens is 446 g/mol. The number of carbonyl (C=O) groups is 3. The predicted octanol–water partition coefficient (Wildman–Crippen LogP) is 3.06. The summed E-state index contributed by atoms with van der Waals surface area (Å²) in [6.07, 6.45) is 4.00. The zero-order valence-electron chi connectivity index (χ0n) is 21.2. The molecule has 4 rings (SSSR count). The van der Waals surface area contributed by atoms with Crippen molar-refractivity contribution < 1.29 is 19.1 Å². The van der Waals surface area contributed by atoms with Crippen molar-refractivity contribution in [2.24, 2.45) is 0 Å². The van der Waals surface area contributed by atoms with Crippen molar-refractivity contribution in [1.82, 2.24) is 19.8 Å². The van der Waals surface area contributed by atoms with Crippen LogP contribution in [0, 0.1) is 13.8 Å². The molecule has 1 fully saturated rings. The van der Waals surface area contributed by atoms with Gasteiger partial charge in [-0.05, 0) is 71.1 Å². The Morgan fingerprint density at radius 2 is 2.00 bits per heavy atom. The lowest BCUT2D eigenvalue weighted by Crippen LogP contribution is -2.64. The van der Waals surface area contributed by atoms with Gasteiger partial charge in [-0.1, -0.05) is 12.1 Å². The maximum Gasteiger partial charge on any atom is 0.276 e. The smallest absolute Gasteiger partial charge is 0.276 e. The molecule has 1 atom stereocenters. The Bertz CT molecular complexity index is 1140. The lowest BCUT2D eigenvalue weighted by molar-refractivity contribution is -0.133. The summed E-state index contributed by atoms with van der Waals surface area (Å²) in [7, 11) is 0. The van der Waals surface area contributed by atoms with Gasteiger partial charge in [-0.15, -0.1) is 0 Å². The van der Waals surface area contributed by atoms with Gasteiger partial charge in [0.1, 0.15) is 11.2 Å². The lowest BCUT2D eigenvalue weighted by atomic mass is 9.94. The van der Waals surface area contributed by atoms with E-state index >= 15 is 0 Å². The molecule has 1 aromatic carbocycles. The molecule has 9 heteroatoms. The number of nitrogens with zero attached hydrogens (tertiary/aromatic N) is 3. The number of aryl methyl sites for hydroxylation is 2. The van der Waals surface area contributed by atoms with Crippen LogP contribution in [0.4, 0.5) is 5.69 Å². The van der Waals surface area contributed by atoms with Crippen LogP contribution in [0.5, 0.6) is 0 Å². The first-order valence-corrected chi connectivity index (χ1v) is 12.3. The number of amides is 3. The monoisotopic (exact) mass is 481 g/mol. The molecule has 1 aromatic heterocycles.